The standard InChI is InChI=1S/C15H16BrN/c16-14(12-6-7-12)8-5-11-9-13-3-1-2-4-15(13)17-10-11/h1-4,9-10,12,14H,5-8H2. The van der Waals surface area contributed by atoms with Gasteiger partial charge in [-0.3, -0.25) is 4.98 Å². The summed E-state index contributed by atoms with van der Waals surface area (Å²) in [6.07, 6.45) is 7.20. The maximum absolute atomic E-state index is 4.50. The summed E-state index contributed by atoms with van der Waals surface area (Å²) in [6, 6.07) is 10.6. The third kappa shape index (κ3) is 2.68. The van der Waals surface area contributed by atoms with Crippen LogP contribution >= 0.6 is 15.9 Å². The molecule has 1 aliphatic rings. The topological polar surface area (TPSA) is 12.9 Å². The number of fused-ring (bicyclic) bond motifs is 1. The van der Waals surface area contributed by atoms with Gasteiger partial charge in [-0.25, -0.2) is 0 Å². The molecule has 0 N–H and O–H groups in total. The molecule has 1 fully saturated rings. The highest BCUT2D eigenvalue weighted by Crippen LogP contribution is 2.38. The number of para-hydroxylation sites is 1. The number of alkyl halides is 1. The first-order chi connectivity index (χ1) is 8.33. The molecule has 0 aliphatic heterocycles. The Bertz CT molecular complexity index is 519. The summed E-state index contributed by atoms with van der Waals surface area (Å²) in [6.45, 7) is 0. The van der Waals surface area contributed by atoms with Crippen LogP contribution in [-0.4, -0.2) is 9.81 Å². The summed E-state index contributed by atoms with van der Waals surface area (Å²) in [7, 11) is 0. The second kappa shape index (κ2) is 4.77. The van der Waals surface area contributed by atoms with Crippen molar-refractivity contribution in [1.82, 2.24) is 4.98 Å². The van der Waals surface area contributed by atoms with Gasteiger partial charge in [0.15, 0.2) is 0 Å². The SMILES string of the molecule is BrC(CCc1cnc2ccccc2c1)C1CC1. The van der Waals surface area contributed by atoms with E-state index in [0.717, 1.165) is 17.9 Å². The molecule has 1 unspecified atom stereocenters. The predicted octanol–water partition coefficient (Wildman–Crippen LogP) is 4.34. The number of nitrogens with zero attached hydrogens (tertiary/aromatic N) is 1. The van der Waals surface area contributed by atoms with Gasteiger partial charge in [0.25, 0.3) is 0 Å². The molecule has 3 rings (SSSR count). The van der Waals surface area contributed by atoms with Gasteiger partial charge in [-0.05, 0) is 49.3 Å². The molecule has 88 valence electrons. The Morgan fingerprint density at radius 3 is 2.94 bits per heavy atom. The molecule has 2 aromatic rings. The zero-order chi connectivity index (χ0) is 11.7. The smallest absolute Gasteiger partial charge is 0.0702 e. The van der Waals surface area contributed by atoms with Gasteiger partial charge in [-0.15, -0.1) is 0 Å². The highest BCUT2D eigenvalue weighted by Gasteiger charge is 2.28. The van der Waals surface area contributed by atoms with Crippen molar-refractivity contribution in [3.63, 3.8) is 0 Å². The fraction of sp³-hybridized carbons (Fsp3) is 0.400. The minimum atomic E-state index is 0.703. The summed E-state index contributed by atoms with van der Waals surface area (Å²) in [4.78, 5) is 5.21. The Kier molecular flexibility index (Phi) is 3.15. The number of rotatable bonds is 4. The molecular formula is C15H16BrN. The van der Waals surface area contributed by atoms with Gasteiger partial charge in [-0.1, -0.05) is 34.1 Å². The normalized spacial score (nSPS) is 17.2. The van der Waals surface area contributed by atoms with Crippen LogP contribution in [0.2, 0.25) is 0 Å². The third-order valence-corrected chi connectivity index (χ3v) is 4.69. The number of aromatic nitrogens is 1. The van der Waals surface area contributed by atoms with Crippen LogP contribution < -0.4 is 0 Å². The summed E-state index contributed by atoms with van der Waals surface area (Å²) in [5.74, 6) is 0.934. The summed E-state index contributed by atoms with van der Waals surface area (Å²) >= 11 is 3.79. The Morgan fingerprint density at radius 2 is 2.12 bits per heavy atom. The van der Waals surface area contributed by atoms with Crippen LogP contribution in [0, 0.1) is 5.92 Å². The molecule has 0 bridgehead atoms. The lowest BCUT2D eigenvalue weighted by molar-refractivity contribution is 0.696. The van der Waals surface area contributed by atoms with Gasteiger partial charge in [0, 0.05) is 16.4 Å². The van der Waals surface area contributed by atoms with E-state index in [4.69, 9.17) is 0 Å². The fourth-order valence-electron chi connectivity index (χ4n) is 2.25. The molecule has 1 saturated carbocycles. The lowest BCUT2D eigenvalue weighted by atomic mass is 10.1. The fourth-order valence-corrected chi connectivity index (χ4v) is 3.01. The molecule has 1 aromatic carbocycles. The molecule has 0 radical (unpaired) electrons. The summed E-state index contributed by atoms with van der Waals surface area (Å²) in [5.41, 5.74) is 2.45. The zero-order valence-electron chi connectivity index (χ0n) is 9.77. The molecule has 1 aromatic heterocycles. The minimum absolute atomic E-state index is 0.703. The number of hydrogen-bond donors (Lipinski definition) is 0. The van der Waals surface area contributed by atoms with Gasteiger partial charge < -0.3 is 0 Å². The molecule has 0 amide bonds. The molecular weight excluding hydrogens is 274 g/mol. The molecule has 0 spiro atoms. The van der Waals surface area contributed by atoms with E-state index < -0.39 is 0 Å². The van der Waals surface area contributed by atoms with Crippen LogP contribution in [0.25, 0.3) is 10.9 Å². The van der Waals surface area contributed by atoms with Gasteiger partial charge in [0.2, 0.25) is 0 Å². The minimum Gasteiger partial charge on any atom is -0.256 e. The molecule has 1 atom stereocenters. The largest absolute Gasteiger partial charge is 0.256 e. The van der Waals surface area contributed by atoms with Gasteiger partial charge in [-0.2, -0.15) is 0 Å². The van der Waals surface area contributed by atoms with Gasteiger partial charge in [0.05, 0.1) is 5.52 Å². The highest BCUT2D eigenvalue weighted by atomic mass is 79.9. The first kappa shape index (κ1) is 11.2. The monoisotopic (exact) mass is 289 g/mol. The summed E-state index contributed by atoms with van der Waals surface area (Å²) < 4.78 is 0. The van der Waals surface area contributed by atoms with Crippen molar-refractivity contribution >= 4 is 26.8 Å². The second-order valence-corrected chi connectivity index (χ2v) is 6.10. The number of benzene rings is 1. The number of halogens is 1. The average molecular weight is 290 g/mol. The van der Waals surface area contributed by atoms with Crippen molar-refractivity contribution in [3.05, 3.63) is 42.1 Å². The Hall–Kier alpha value is -0.890. The maximum Gasteiger partial charge on any atom is 0.0702 e. The third-order valence-electron chi connectivity index (χ3n) is 3.49. The first-order valence-electron chi connectivity index (χ1n) is 6.31. The Morgan fingerprint density at radius 1 is 1.29 bits per heavy atom. The van der Waals surface area contributed by atoms with Crippen LogP contribution in [0.1, 0.15) is 24.8 Å². The van der Waals surface area contributed by atoms with Crippen molar-refractivity contribution in [2.45, 2.75) is 30.5 Å². The van der Waals surface area contributed by atoms with Crippen LogP contribution in [-0.2, 0) is 6.42 Å². The van der Waals surface area contributed by atoms with Crippen LogP contribution in [0.4, 0.5) is 0 Å². The predicted molar refractivity (Wildman–Crippen MR) is 75.5 cm³/mol. The van der Waals surface area contributed by atoms with Gasteiger partial charge >= 0.3 is 0 Å². The summed E-state index contributed by atoms with van der Waals surface area (Å²) in [5, 5.41) is 1.25. The lowest BCUT2D eigenvalue weighted by Gasteiger charge is -2.08. The molecule has 17 heavy (non-hydrogen) atoms. The Balaban J connectivity index is 1.71. The molecule has 2 heteroatoms. The molecule has 1 heterocycles. The van der Waals surface area contributed by atoms with E-state index >= 15 is 0 Å². The van der Waals surface area contributed by atoms with Crippen molar-refractivity contribution in [2.75, 3.05) is 0 Å². The van der Waals surface area contributed by atoms with Gasteiger partial charge in [0.1, 0.15) is 0 Å². The van der Waals surface area contributed by atoms with Crippen LogP contribution in [0.15, 0.2) is 36.5 Å². The first-order valence-corrected chi connectivity index (χ1v) is 7.22. The van der Waals surface area contributed by atoms with E-state index in [1.165, 1.54) is 30.2 Å². The van der Waals surface area contributed by atoms with E-state index in [1.54, 1.807) is 0 Å². The average Bonchev–Trinajstić information content (AvgIpc) is 3.20. The van der Waals surface area contributed by atoms with Crippen molar-refractivity contribution in [2.24, 2.45) is 5.92 Å². The number of hydrogen-bond acceptors (Lipinski definition) is 1. The van der Waals surface area contributed by atoms with Crippen molar-refractivity contribution in [1.29, 1.82) is 0 Å². The molecule has 0 saturated heterocycles. The molecule has 1 aliphatic carbocycles. The lowest BCUT2D eigenvalue weighted by Crippen LogP contribution is -2.02. The van der Waals surface area contributed by atoms with Crippen LogP contribution in [0.3, 0.4) is 0 Å². The number of aryl methyl sites for hydroxylation is 1. The van der Waals surface area contributed by atoms with Crippen LogP contribution in [0.5, 0.6) is 0 Å². The second-order valence-electron chi connectivity index (χ2n) is 4.93. The van der Waals surface area contributed by atoms with E-state index in [1.807, 2.05) is 12.3 Å². The quantitative estimate of drug-likeness (QED) is 0.763. The maximum atomic E-state index is 4.50. The van der Waals surface area contributed by atoms with E-state index in [9.17, 15) is 0 Å². The highest BCUT2D eigenvalue weighted by molar-refractivity contribution is 9.09. The van der Waals surface area contributed by atoms with E-state index in [2.05, 4.69) is 45.2 Å². The molecule has 1 nitrogen and oxygen atoms in total. The van der Waals surface area contributed by atoms with E-state index in [-0.39, 0.29) is 0 Å². The van der Waals surface area contributed by atoms with Crippen molar-refractivity contribution < 1.29 is 0 Å². The number of pyridine rings is 1. The van der Waals surface area contributed by atoms with Crippen molar-refractivity contribution in [3.8, 4) is 0 Å². The van der Waals surface area contributed by atoms with E-state index in [0.29, 0.717) is 4.83 Å². The Labute approximate surface area is 110 Å². The zero-order valence-corrected chi connectivity index (χ0v) is 11.4.